The van der Waals surface area contributed by atoms with Gasteiger partial charge in [0.2, 0.25) is 0 Å². The van der Waals surface area contributed by atoms with E-state index >= 15 is 0 Å². The highest BCUT2D eigenvalue weighted by atomic mass is 16.5. The monoisotopic (exact) mass is 297 g/mol. The molecule has 0 aliphatic carbocycles. The van der Waals surface area contributed by atoms with Gasteiger partial charge in [-0.2, -0.15) is 0 Å². The minimum absolute atomic E-state index is 0.193. The second-order valence-electron chi connectivity index (χ2n) is 5.96. The molecule has 1 unspecified atom stereocenters. The van der Waals surface area contributed by atoms with Crippen molar-refractivity contribution >= 4 is 5.84 Å². The summed E-state index contributed by atoms with van der Waals surface area (Å²) < 4.78 is 5.21. The molecular weight excluding hydrogens is 274 g/mol. The third-order valence-electron chi connectivity index (χ3n) is 4.48. The number of aromatic nitrogens is 1. The van der Waals surface area contributed by atoms with Gasteiger partial charge in [-0.15, -0.1) is 0 Å². The number of hydrogen-bond acceptors (Lipinski definition) is 3. The van der Waals surface area contributed by atoms with Crippen LogP contribution in [0.3, 0.4) is 0 Å². The van der Waals surface area contributed by atoms with Crippen LogP contribution in [0.1, 0.15) is 26.3 Å². The van der Waals surface area contributed by atoms with Gasteiger partial charge in [0.15, 0.2) is 0 Å². The molecule has 1 aromatic heterocycles. The van der Waals surface area contributed by atoms with Crippen LogP contribution >= 0.6 is 0 Å². The number of methoxy groups -OCH3 is 1. The second kappa shape index (κ2) is 6.18. The standard InChI is InChI=1S/C18H23N3O/c1-12(2)18(3,17(19)20)15-7-5-13(6-8-15)14-9-16(22-4)11-21-10-14/h5-12H,1-4H3,(H3,19,20). The van der Waals surface area contributed by atoms with Crippen LogP contribution in [0.4, 0.5) is 0 Å². The van der Waals surface area contributed by atoms with Crippen molar-refractivity contribution in [2.24, 2.45) is 11.7 Å². The molecule has 0 bridgehead atoms. The maximum atomic E-state index is 7.94. The summed E-state index contributed by atoms with van der Waals surface area (Å²) in [7, 11) is 1.63. The first-order valence-corrected chi connectivity index (χ1v) is 7.34. The Bertz CT molecular complexity index is 664. The molecule has 116 valence electrons. The van der Waals surface area contributed by atoms with E-state index in [0.717, 1.165) is 22.4 Å². The Hall–Kier alpha value is -2.36. The lowest BCUT2D eigenvalue weighted by Crippen LogP contribution is -2.42. The Morgan fingerprint density at radius 1 is 1.18 bits per heavy atom. The van der Waals surface area contributed by atoms with Crippen molar-refractivity contribution < 1.29 is 4.74 Å². The number of nitrogens with two attached hydrogens (primary N) is 1. The van der Waals surface area contributed by atoms with Crippen molar-refractivity contribution in [1.82, 2.24) is 4.98 Å². The molecule has 0 spiro atoms. The van der Waals surface area contributed by atoms with E-state index in [-0.39, 0.29) is 11.8 Å². The van der Waals surface area contributed by atoms with Crippen LogP contribution in [0, 0.1) is 11.3 Å². The molecule has 1 heterocycles. The average Bonchev–Trinajstić information content (AvgIpc) is 2.53. The predicted octanol–water partition coefficient (Wildman–Crippen LogP) is 3.61. The van der Waals surface area contributed by atoms with Gasteiger partial charge in [-0.25, -0.2) is 0 Å². The highest BCUT2D eigenvalue weighted by Gasteiger charge is 2.33. The Balaban J connectivity index is 2.39. The lowest BCUT2D eigenvalue weighted by molar-refractivity contribution is 0.413. The molecule has 0 radical (unpaired) electrons. The summed E-state index contributed by atoms with van der Waals surface area (Å²) in [4.78, 5) is 4.18. The number of hydrogen-bond donors (Lipinski definition) is 2. The minimum Gasteiger partial charge on any atom is -0.495 e. The van der Waals surface area contributed by atoms with E-state index in [1.165, 1.54) is 0 Å². The van der Waals surface area contributed by atoms with Crippen LogP contribution in [0.15, 0.2) is 42.7 Å². The van der Waals surface area contributed by atoms with Crippen molar-refractivity contribution in [2.75, 3.05) is 7.11 Å². The molecule has 0 saturated carbocycles. The first-order chi connectivity index (χ1) is 10.4. The highest BCUT2D eigenvalue weighted by molar-refractivity contribution is 5.89. The summed E-state index contributed by atoms with van der Waals surface area (Å²) in [5.74, 6) is 1.17. The summed E-state index contributed by atoms with van der Waals surface area (Å²) >= 11 is 0. The zero-order valence-electron chi connectivity index (χ0n) is 13.6. The third-order valence-corrected chi connectivity index (χ3v) is 4.48. The molecule has 0 aliphatic rings. The number of ether oxygens (including phenoxy) is 1. The molecule has 2 rings (SSSR count). The summed E-state index contributed by atoms with van der Waals surface area (Å²) in [6.07, 6.45) is 3.49. The maximum absolute atomic E-state index is 7.94. The fourth-order valence-electron chi connectivity index (χ4n) is 2.50. The number of nitrogens with zero attached hydrogens (tertiary/aromatic N) is 1. The molecule has 3 N–H and O–H groups in total. The van der Waals surface area contributed by atoms with Gasteiger partial charge in [-0.3, -0.25) is 10.4 Å². The smallest absolute Gasteiger partial charge is 0.137 e. The second-order valence-corrected chi connectivity index (χ2v) is 5.96. The van der Waals surface area contributed by atoms with E-state index in [4.69, 9.17) is 15.9 Å². The van der Waals surface area contributed by atoms with Crippen molar-refractivity contribution in [3.63, 3.8) is 0 Å². The lowest BCUT2D eigenvalue weighted by Gasteiger charge is -2.33. The highest BCUT2D eigenvalue weighted by Crippen LogP contribution is 2.33. The van der Waals surface area contributed by atoms with Gasteiger partial charge in [0, 0.05) is 11.8 Å². The van der Waals surface area contributed by atoms with Crippen LogP contribution in [0.2, 0.25) is 0 Å². The number of benzene rings is 1. The van der Waals surface area contributed by atoms with E-state index in [9.17, 15) is 0 Å². The van der Waals surface area contributed by atoms with Crippen LogP contribution in [0.5, 0.6) is 5.75 Å². The molecule has 0 amide bonds. The predicted molar refractivity (Wildman–Crippen MR) is 90.3 cm³/mol. The van der Waals surface area contributed by atoms with Crippen molar-refractivity contribution in [2.45, 2.75) is 26.2 Å². The molecule has 4 heteroatoms. The van der Waals surface area contributed by atoms with Gasteiger partial charge in [0.25, 0.3) is 0 Å². The molecular formula is C18H23N3O. The molecule has 0 saturated heterocycles. The molecule has 0 fully saturated rings. The van der Waals surface area contributed by atoms with E-state index in [1.807, 2.05) is 43.5 Å². The Morgan fingerprint density at radius 2 is 1.82 bits per heavy atom. The quantitative estimate of drug-likeness (QED) is 0.654. The SMILES string of the molecule is COc1cncc(-c2ccc(C(C)(C(=N)N)C(C)C)cc2)c1. The van der Waals surface area contributed by atoms with Gasteiger partial charge in [0.1, 0.15) is 11.6 Å². The number of nitrogens with one attached hydrogen (secondary N) is 1. The van der Waals surface area contributed by atoms with Gasteiger partial charge in [-0.1, -0.05) is 38.1 Å². The molecule has 0 aliphatic heterocycles. The van der Waals surface area contributed by atoms with Gasteiger partial charge in [-0.05, 0) is 30.0 Å². The first kappa shape index (κ1) is 16.0. The molecule has 22 heavy (non-hydrogen) atoms. The summed E-state index contributed by atoms with van der Waals surface area (Å²) in [5.41, 5.74) is 8.51. The number of pyridine rings is 1. The largest absolute Gasteiger partial charge is 0.495 e. The van der Waals surface area contributed by atoms with E-state index in [0.29, 0.717) is 0 Å². The Kier molecular flexibility index (Phi) is 4.50. The van der Waals surface area contributed by atoms with Gasteiger partial charge < -0.3 is 10.5 Å². The topological polar surface area (TPSA) is 72.0 Å². The Morgan fingerprint density at radius 3 is 2.32 bits per heavy atom. The van der Waals surface area contributed by atoms with Crippen LogP contribution < -0.4 is 10.5 Å². The minimum atomic E-state index is -0.453. The molecule has 1 aromatic carbocycles. The zero-order valence-corrected chi connectivity index (χ0v) is 13.6. The normalized spacial score (nSPS) is 13.7. The molecule has 4 nitrogen and oxygen atoms in total. The van der Waals surface area contributed by atoms with Crippen LogP contribution in [0.25, 0.3) is 11.1 Å². The lowest BCUT2D eigenvalue weighted by atomic mass is 9.72. The summed E-state index contributed by atoms with van der Waals surface area (Å²) in [6.45, 7) is 6.19. The van der Waals surface area contributed by atoms with Crippen LogP contribution in [-0.2, 0) is 5.41 Å². The fourth-order valence-corrected chi connectivity index (χ4v) is 2.50. The first-order valence-electron chi connectivity index (χ1n) is 7.34. The summed E-state index contributed by atoms with van der Waals surface area (Å²) in [6, 6.07) is 10.1. The maximum Gasteiger partial charge on any atom is 0.137 e. The van der Waals surface area contributed by atoms with Gasteiger partial charge in [0.05, 0.1) is 18.7 Å². The number of amidine groups is 1. The van der Waals surface area contributed by atoms with Gasteiger partial charge >= 0.3 is 0 Å². The van der Waals surface area contributed by atoms with Crippen molar-refractivity contribution in [3.8, 4) is 16.9 Å². The van der Waals surface area contributed by atoms with E-state index < -0.39 is 5.41 Å². The van der Waals surface area contributed by atoms with E-state index in [1.54, 1.807) is 13.3 Å². The fraction of sp³-hybridized carbons (Fsp3) is 0.333. The third kappa shape index (κ3) is 2.82. The van der Waals surface area contributed by atoms with Crippen molar-refractivity contribution in [3.05, 3.63) is 48.3 Å². The zero-order chi connectivity index (χ0) is 16.3. The molecule has 2 aromatic rings. The Labute approximate surface area is 131 Å². The van der Waals surface area contributed by atoms with Crippen molar-refractivity contribution in [1.29, 1.82) is 5.41 Å². The summed E-state index contributed by atoms with van der Waals surface area (Å²) in [5, 5.41) is 7.94. The van der Waals surface area contributed by atoms with Crippen LogP contribution in [-0.4, -0.2) is 17.9 Å². The van der Waals surface area contributed by atoms with E-state index in [2.05, 4.69) is 18.8 Å². The number of rotatable bonds is 5. The molecule has 1 atom stereocenters. The average molecular weight is 297 g/mol.